The molecule has 0 bridgehead atoms. The molecule has 1 saturated heterocycles. The van der Waals surface area contributed by atoms with E-state index in [2.05, 4.69) is 45.5 Å². The van der Waals surface area contributed by atoms with Gasteiger partial charge in [-0.2, -0.15) is 146 Å². The summed E-state index contributed by atoms with van der Waals surface area (Å²) in [5.41, 5.74) is 0. The van der Waals surface area contributed by atoms with Crippen LogP contribution in [0.4, 0.5) is 0 Å². The molecule has 41 heavy (non-hydrogen) atoms. The molecular weight excluding hydrogens is 583 g/mol. The molecular formula is C34H47Cl2N4Ti-7. The van der Waals surface area contributed by atoms with Gasteiger partial charge in [0.15, 0.2) is 0 Å². The average Bonchev–Trinajstić information content (AvgIpc) is 2.98. The Kier molecular flexibility index (Phi) is 53.5. The second-order valence-corrected chi connectivity index (χ2v) is 7.23. The maximum Gasteiger partial charge on any atom is 0.00772 e. The summed E-state index contributed by atoms with van der Waals surface area (Å²) in [5, 5.41) is 14.4. The maximum atomic E-state index is 4.36. The number of hydrogen-bond acceptors (Lipinski definition) is 3. The summed E-state index contributed by atoms with van der Waals surface area (Å²) in [6.07, 6.45) is 0. The third-order valence-corrected chi connectivity index (χ3v) is 4.28. The van der Waals surface area contributed by atoms with Crippen molar-refractivity contribution in [1.82, 2.24) is 16.0 Å². The minimum atomic E-state index is 0. The standard InChI is InChI=1S/C8H19N4.4C6H5.2CH3.2ClH.Ti/c1-2-10-5-6-12-8-7-11-4-3-9-1;4*1-2-4-6-5-3-1;;;;;/h9-11H,1-8H2;4*1-5H;2*1H3;2*1H;/q7*-1;;;. The number of nitrogens with one attached hydrogen (secondary N) is 3. The molecule has 4 aromatic carbocycles. The molecule has 0 saturated carbocycles. The second kappa shape index (κ2) is 45.0. The fraction of sp³-hybridized carbons (Fsp3) is 0.235. The Morgan fingerprint density at radius 1 is 0.366 bits per heavy atom. The zero-order chi connectivity index (χ0) is 25.5. The Hall–Kier alpha value is -1.99. The molecule has 3 N–H and O–H groups in total. The van der Waals surface area contributed by atoms with Crippen LogP contribution in [0, 0.1) is 39.1 Å². The number of hydrogen-bond donors (Lipinski definition) is 3. The summed E-state index contributed by atoms with van der Waals surface area (Å²) >= 11 is 0. The summed E-state index contributed by atoms with van der Waals surface area (Å²) in [7, 11) is 0. The largest absolute Gasteiger partial charge is 0.660 e. The van der Waals surface area contributed by atoms with Crippen LogP contribution in [-0.2, 0) is 21.7 Å². The first-order chi connectivity index (χ1) is 18.0. The van der Waals surface area contributed by atoms with Crippen LogP contribution in [0.2, 0.25) is 0 Å². The second-order valence-electron chi connectivity index (χ2n) is 7.23. The van der Waals surface area contributed by atoms with Crippen LogP contribution in [0.25, 0.3) is 5.32 Å². The van der Waals surface area contributed by atoms with Gasteiger partial charge in [-0.15, -0.1) is 37.9 Å². The van der Waals surface area contributed by atoms with Crippen molar-refractivity contribution in [2.75, 3.05) is 52.4 Å². The van der Waals surface area contributed by atoms with Gasteiger partial charge in [0.1, 0.15) is 0 Å². The van der Waals surface area contributed by atoms with E-state index in [1.165, 1.54) is 0 Å². The number of rotatable bonds is 0. The molecule has 5 rings (SSSR count). The minimum Gasteiger partial charge on any atom is -0.660 e. The van der Waals surface area contributed by atoms with Gasteiger partial charge in [-0.3, -0.25) is 0 Å². The molecule has 1 aliphatic heterocycles. The Morgan fingerprint density at radius 2 is 0.585 bits per heavy atom. The van der Waals surface area contributed by atoms with E-state index in [4.69, 9.17) is 0 Å². The summed E-state index contributed by atoms with van der Waals surface area (Å²) in [5.74, 6) is 0. The van der Waals surface area contributed by atoms with Gasteiger partial charge in [0.05, 0.1) is 0 Å². The smallest absolute Gasteiger partial charge is 0.00772 e. The fourth-order valence-corrected chi connectivity index (χ4v) is 2.52. The Labute approximate surface area is 279 Å². The van der Waals surface area contributed by atoms with Gasteiger partial charge in [-0.1, -0.05) is 0 Å². The first kappa shape index (κ1) is 48.7. The molecule has 1 fully saturated rings. The summed E-state index contributed by atoms with van der Waals surface area (Å²) in [6, 6.07) is 50.0. The summed E-state index contributed by atoms with van der Waals surface area (Å²) in [4.78, 5) is 0. The molecule has 0 spiro atoms. The van der Waals surface area contributed by atoms with E-state index in [-0.39, 0.29) is 61.4 Å². The van der Waals surface area contributed by atoms with E-state index in [1.807, 2.05) is 121 Å². The normalized spacial score (nSPS) is 11.7. The van der Waals surface area contributed by atoms with Gasteiger partial charge >= 0.3 is 0 Å². The van der Waals surface area contributed by atoms with Crippen LogP contribution >= 0.6 is 24.8 Å². The van der Waals surface area contributed by atoms with Gasteiger partial charge in [0.2, 0.25) is 0 Å². The minimum absolute atomic E-state index is 0. The number of halogens is 2. The molecule has 4 nitrogen and oxygen atoms in total. The van der Waals surface area contributed by atoms with Gasteiger partial charge in [0.25, 0.3) is 0 Å². The molecule has 0 unspecified atom stereocenters. The monoisotopic (exact) mass is 629 g/mol. The number of benzene rings is 4. The van der Waals surface area contributed by atoms with Crippen molar-refractivity contribution in [2.24, 2.45) is 0 Å². The molecule has 4 aromatic rings. The molecule has 1 aliphatic rings. The predicted molar refractivity (Wildman–Crippen MR) is 180 cm³/mol. The molecule has 1 heterocycles. The summed E-state index contributed by atoms with van der Waals surface area (Å²) < 4.78 is 0. The van der Waals surface area contributed by atoms with Gasteiger partial charge in [-0.05, 0) is 13.1 Å². The first-order valence-electron chi connectivity index (χ1n) is 12.4. The van der Waals surface area contributed by atoms with Crippen molar-refractivity contribution >= 4 is 24.8 Å². The topological polar surface area (TPSA) is 50.2 Å². The predicted octanol–water partition coefficient (Wildman–Crippen LogP) is 6.83. The molecule has 0 atom stereocenters. The van der Waals surface area contributed by atoms with Crippen LogP contribution < -0.4 is 16.0 Å². The van der Waals surface area contributed by atoms with E-state index in [0.717, 1.165) is 52.4 Å². The third-order valence-electron chi connectivity index (χ3n) is 4.28. The molecule has 228 valence electrons. The van der Waals surface area contributed by atoms with E-state index in [1.54, 1.807) is 0 Å². The molecule has 0 aromatic heterocycles. The van der Waals surface area contributed by atoms with Crippen molar-refractivity contribution in [1.29, 1.82) is 0 Å². The van der Waals surface area contributed by atoms with Gasteiger partial charge in [0, 0.05) is 47.9 Å². The SMILES string of the molecule is C1CNCCNCCNCC[N-]1.Cl.Cl.[CH3-].[CH3-].[Ti].[c-]1ccccc1.[c-]1ccccc1.[c-]1ccccc1.[c-]1ccccc1. The fourth-order valence-electron chi connectivity index (χ4n) is 2.52. The van der Waals surface area contributed by atoms with E-state index in [9.17, 15) is 0 Å². The zero-order valence-corrected chi connectivity index (χ0v) is 27.7. The molecule has 0 aliphatic carbocycles. The quantitative estimate of drug-likeness (QED) is 0.148. The van der Waals surface area contributed by atoms with Gasteiger partial charge in [-0.25, -0.2) is 0 Å². The van der Waals surface area contributed by atoms with Crippen molar-refractivity contribution in [3.63, 3.8) is 0 Å². The Morgan fingerprint density at radius 3 is 0.756 bits per heavy atom. The Balaban J connectivity index is -0.000000132. The van der Waals surface area contributed by atoms with Crippen LogP contribution in [0.3, 0.4) is 0 Å². The van der Waals surface area contributed by atoms with E-state index >= 15 is 0 Å². The van der Waals surface area contributed by atoms with Crippen LogP contribution in [0.1, 0.15) is 0 Å². The van der Waals surface area contributed by atoms with E-state index < -0.39 is 0 Å². The zero-order valence-electron chi connectivity index (χ0n) is 24.5. The van der Waals surface area contributed by atoms with Crippen LogP contribution in [0.15, 0.2) is 121 Å². The first-order valence-corrected chi connectivity index (χ1v) is 12.4. The van der Waals surface area contributed by atoms with Gasteiger partial charge < -0.3 is 36.1 Å². The molecule has 0 amide bonds. The van der Waals surface area contributed by atoms with Crippen LogP contribution in [-0.4, -0.2) is 52.4 Å². The molecule has 7 heteroatoms. The van der Waals surface area contributed by atoms with Crippen molar-refractivity contribution in [3.05, 3.63) is 166 Å². The van der Waals surface area contributed by atoms with E-state index in [0.29, 0.717) is 0 Å². The maximum absolute atomic E-state index is 4.36. The summed E-state index contributed by atoms with van der Waals surface area (Å²) in [6.45, 7) is 8.14. The van der Waals surface area contributed by atoms with Crippen LogP contribution in [0.5, 0.6) is 0 Å². The van der Waals surface area contributed by atoms with Crippen molar-refractivity contribution < 1.29 is 21.7 Å². The van der Waals surface area contributed by atoms with Crippen molar-refractivity contribution in [2.45, 2.75) is 0 Å². The Bertz CT molecular complexity index is 589. The third kappa shape index (κ3) is 42.6. The molecule has 0 radical (unpaired) electrons. The average molecular weight is 631 g/mol. The van der Waals surface area contributed by atoms with Crippen molar-refractivity contribution in [3.8, 4) is 0 Å². The number of nitrogens with zero attached hydrogens (tertiary/aromatic N) is 1.